The molecule has 0 bridgehead atoms. The number of hydrogen-bond acceptors (Lipinski definition) is 5. The van der Waals surface area contributed by atoms with Crippen LogP contribution in [0, 0.1) is 0 Å². The monoisotopic (exact) mass is 349 g/mol. The lowest BCUT2D eigenvalue weighted by molar-refractivity contribution is -0.120. The molecule has 0 saturated carbocycles. The van der Waals surface area contributed by atoms with Crippen molar-refractivity contribution in [2.24, 2.45) is 5.73 Å². The highest BCUT2D eigenvalue weighted by atomic mass is 16.1. The van der Waals surface area contributed by atoms with Crippen molar-refractivity contribution in [3.05, 3.63) is 72.2 Å². The Morgan fingerprint density at radius 2 is 1.88 bits per heavy atom. The molecule has 0 saturated heterocycles. The highest BCUT2D eigenvalue weighted by Gasteiger charge is 2.19. The first-order valence-corrected chi connectivity index (χ1v) is 8.72. The molecule has 1 amide bonds. The topological polar surface area (TPSA) is 92.9 Å². The Morgan fingerprint density at radius 1 is 1.00 bits per heavy atom. The molecule has 0 radical (unpaired) electrons. The number of nitrogens with two attached hydrogens (primary N) is 1. The van der Waals surface area contributed by atoms with Crippen LogP contribution >= 0.6 is 0 Å². The highest BCUT2D eigenvalue weighted by Crippen LogP contribution is 2.22. The van der Waals surface area contributed by atoms with Gasteiger partial charge in [-0.3, -0.25) is 14.8 Å². The Kier molecular flexibility index (Phi) is 6.24. The third-order valence-corrected chi connectivity index (χ3v) is 4.19. The number of nitrogens with zero attached hydrogens (tertiary/aromatic N) is 2. The molecule has 134 valence electrons. The maximum absolute atomic E-state index is 12.0. The number of benzene rings is 1. The van der Waals surface area contributed by atoms with Gasteiger partial charge in [-0.25, -0.2) is 0 Å². The SMILES string of the molecule is NC(=O)C(NCCCNCc1ccccn1)c1cccc2ncccc12. The van der Waals surface area contributed by atoms with E-state index in [9.17, 15) is 4.79 Å². The number of aromatic nitrogens is 2. The summed E-state index contributed by atoms with van der Waals surface area (Å²) in [6, 6.07) is 14.9. The number of carbonyl (C=O) groups is 1. The van der Waals surface area contributed by atoms with E-state index in [-0.39, 0.29) is 5.91 Å². The minimum atomic E-state index is -0.529. The molecule has 1 atom stereocenters. The van der Waals surface area contributed by atoms with Crippen LogP contribution in [0.25, 0.3) is 10.9 Å². The van der Waals surface area contributed by atoms with Crippen LogP contribution in [0.15, 0.2) is 60.9 Å². The number of fused-ring (bicyclic) bond motifs is 1. The fraction of sp³-hybridized carbons (Fsp3) is 0.250. The van der Waals surface area contributed by atoms with Gasteiger partial charge < -0.3 is 16.4 Å². The molecule has 2 aromatic heterocycles. The van der Waals surface area contributed by atoms with Gasteiger partial charge in [-0.2, -0.15) is 0 Å². The number of hydrogen-bond donors (Lipinski definition) is 3. The Hall–Kier alpha value is -2.83. The smallest absolute Gasteiger partial charge is 0.239 e. The first-order valence-electron chi connectivity index (χ1n) is 8.72. The van der Waals surface area contributed by atoms with Crippen LogP contribution in [0.4, 0.5) is 0 Å². The molecule has 6 heteroatoms. The number of rotatable bonds is 9. The van der Waals surface area contributed by atoms with Crippen molar-refractivity contribution in [2.75, 3.05) is 13.1 Å². The van der Waals surface area contributed by atoms with Crippen LogP contribution in [0.3, 0.4) is 0 Å². The Balaban J connectivity index is 1.53. The number of carbonyl (C=O) groups excluding carboxylic acids is 1. The minimum Gasteiger partial charge on any atom is -0.368 e. The Bertz CT molecular complexity index is 848. The lowest BCUT2D eigenvalue weighted by atomic mass is 10.0. The van der Waals surface area contributed by atoms with Gasteiger partial charge in [-0.05, 0) is 49.3 Å². The Morgan fingerprint density at radius 3 is 2.69 bits per heavy atom. The van der Waals surface area contributed by atoms with E-state index in [1.165, 1.54) is 0 Å². The maximum Gasteiger partial charge on any atom is 0.239 e. The van der Waals surface area contributed by atoms with E-state index in [4.69, 9.17) is 5.73 Å². The summed E-state index contributed by atoms with van der Waals surface area (Å²) in [5, 5.41) is 7.56. The third-order valence-electron chi connectivity index (χ3n) is 4.19. The molecule has 6 nitrogen and oxygen atoms in total. The van der Waals surface area contributed by atoms with Crippen LogP contribution in [0.5, 0.6) is 0 Å². The van der Waals surface area contributed by atoms with Crippen molar-refractivity contribution in [2.45, 2.75) is 19.0 Å². The van der Waals surface area contributed by atoms with Gasteiger partial charge in [0.25, 0.3) is 0 Å². The predicted molar refractivity (Wildman–Crippen MR) is 102 cm³/mol. The number of primary amides is 1. The summed E-state index contributed by atoms with van der Waals surface area (Å²) in [7, 11) is 0. The van der Waals surface area contributed by atoms with Crippen LogP contribution in [-0.4, -0.2) is 29.0 Å². The fourth-order valence-electron chi connectivity index (χ4n) is 2.92. The largest absolute Gasteiger partial charge is 0.368 e. The predicted octanol–water partition coefficient (Wildman–Crippen LogP) is 1.93. The van der Waals surface area contributed by atoms with Crippen LogP contribution in [0.2, 0.25) is 0 Å². The second kappa shape index (κ2) is 9.03. The van der Waals surface area contributed by atoms with E-state index < -0.39 is 6.04 Å². The summed E-state index contributed by atoms with van der Waals surface area (Å²) >= 11 is 0. The molecular formula is C20H23N5O. The normalized spacial score (nSPS) is 12.2. The quantitative estimate of drug-likeness (QED) is 0.513. The first-order chi connectivity index (χ1) is 12.8. The van der Waals surface area contributed by atoms with Crippen molar-refractivity contribution in [3.8, 4) is 0 Å². The standard InChI is InChI=1S/C20H23N5O/c21-20(26)19(17-7-3-9-18-16(17)8-4-12-24-18)25-13-5-10-22-14-15-6-1-2-11-23-15/h1-4,6-9,11-12,19,22,25H,5,10,13-14H2,(H2,21,26). The zero-order chi connectivity index (χ0) is 18.2. The van der Waals surface area contributed by atoms with Crippen molar-refractivity contribution in [3.63, 3.8) is 0 Å². The second-order valence-electron chi connectivity index (χ2n) is 6.06. The van der Waals surface area contributed by atoms with Crippen LogP contribution < -0.4 is 16.4 Å². The van der Waals surface area contributed by atoms with Gasteiger partial charge in [0.05, 0.1) is 11.2 Å². The van der Waals surface area contributed by atoms with E-state index >= 15 is 0 Å². The molecule has 0 aliphatic heterocycles. The summed E-state index contributed by atoms with van der Waals surface area (Å²) in [5.74, 6) is -0.386. The van der Waals surface area contributed by atoms with E-state index in [0.29, 0.717) is 6.54 Å². The van der Waals surface area contributed by atoms with Gasteiger partial charge in [-0.15, -0.1) is 0 Å². The number of nitrogens with one attached hydrogen (secondary N) is 2. The van der Waals surface area contributed by atoms with Gasteiger partial charge in [0.2, 0.25) is 5.91 Å². The molecule has 0 fully saturated rings. The molecule has 3 aromatic rings. The van der Waals surface area contributed by atoms with Gasteiger partial charge in [0.1, 0.15) is 6.04 Å². The number of pyridine rings is 2. The zero-order valence-electron chi connectivity index (χ0n) is 14.6. The average molecular weight is 349 g/mol. The molecule has 1 unspecified atom stereocenters. The van der Waals surface area contributed by atoms with Gasteiger partial charge in [-0.1, -0.05) is 24.3 Å². The molecule has 0 aliphatic rings. The third kappa shape index (κ3) is 4.62. The van der Waals surface area contributed by atoms with Crippen LogP contribution in [0.1, 0.15) is 23.7 Å². The summed E-state index contributed by atoms with van der Waals surface area (Å²) < 4.78 is 0. The van der Waals surface area contributed by atoms with E-state index in [0.717, 1.165) is 41.7 Å². The maximum atomic E-state index is 12.0. The van der Waals surface area contributed by atoms with E-state index in [2.05, 4.69) is 20.6 Å². The Labute approximate surface area is 152 Å². The molecule has 2 heterocycles. The van der Waals surface area contributed by atoms with E-state index in [1.807, 2.05) is 48.5 Å². The summed E-state index contributed by atoms with van der Waals surface area (Å²) in [4.78, 5) is 20.6. The molecule has 26 heavy (non-hydrogen) atoms. The second-order valence-corrected chi connectivity index (χ2v) is 6.06. The summed E-state index contributed by atoms with van der Waals surface area (Å²) in [6.45, 7) is 2.24. The molecule has 1 aromatic carbocycles. The molecule has 0 aliphatic carbocycles. The van der Waals surface area contributed by atoms with Crippen molar-refractivity contribution < 1.29 is 4.79 Å². The average Bonchev–Trinajstić information content (AvgIpc) is 2.68. The zero-order valence-corrected chi connectivity index (χ0v) is 14.6. The van der Waals surface area contributed by atoms with E-state index in [1.54, 1.807) is 12.4 Å². The summed E-state index contributed by atoms with van der Waals surface area (Å²) in [6.07, 6.45) is 4.40. The van der Waals surface area contributed by atoms with Crippen LogP contribution in [-0.2, 0) is 11.3 Å². The lowest BCUT2D eigenvalue weighted by Crippen LogP contribution is -2.35. The summed E-state index contributed by atoms with van der Waals surface area (Å²) in [5.41, 5.74) is 8.37. The van der Waals surface area contributed by atoms with Gasteiger partial charge in [0.15, 0.2) is 0 Å². The highest BCUT2D eigenvalue weighted by molar-refractivity contribution is 5.90. The molecule has 3 rings (SSSR count). The fourth-order valence-corrected chi connectivity index (χ4v) is 2.92. The molecular weight excluding hydrogens is 326 g/mol. The van der Waals surface area contributed by atoms with Crippen molar-refractivity contribution in [1.82, 2.24) is 20.6 Å². The van der Waals surface area contributed by atoms with Gasteiger partial charge >= 0.3 is 0 Å². The molecule has 0 spiro atoms. The number of amides is 1. The first kappa shape index (κ1) is 18.0. The minimum absolute atomic E-state index is 0.386. The van der Waals surface area contributed by atoms with Gasteiger partial charge in [0, 0.05) is 24.3 Å². The van der Waals surface area contributed by atoms with Crippen molar-refractivity contribution >= 4 is 16.8 Å². The lowest BCUT2D eigenvalue weighted by Gasteiger charge is -2.17. The molecule has 4 N–H and O–H groups in total. The van der Waals surface area contributed by atoms with Crippen molar-refractivity contribution in [1.29, 1.82) is 0 Å².